The van der Waals surface area contributed by atoms with E-state index in [9.17, 15) is 0 Å². The van der Waals surface area contributed by atoms with E-state index in [0.29, 0.717) is 0 Å². The second-order valence-corrected chi connectivity index (χ2v) is 15.5. The Morgan fingerprint density at radius 3 is 1.37 bits per heavy atom. The molecule has 216 valence electrons. The van der Waals surface area contributed by atoms with Gasteiger partial charge in [0.05, 0.1) is 0 Å². The fourth-order valence-corrected chi connectivity index (χ4v) is 6.62. The molecule has 1 saturated carbocycles. The molecule has 2 aliphatic rings. The second kappa shape index (κ2) is 13.3. The molecule has 0 aliphatic heterocycles. The zero-order valence-corrected chi connectivity index (χ0v) is 29.2. The Morgan fingerprint density at radius 2 is 1.09 bits per heavy atom. The van der Waals surface area contributed by atoms with Crippen LogP contribution in [-0.4, -0.2) is 3.21 Å². The van der Waals surface area contributed by atoms with E-state index < -0.39 is 0 Å². The van der Waals surface area contributed by atoms with Crippen molar-refractivity contribution < 1.29 is 24.2 Å². The summed E-state index contributed by atoms with van der Waals surface area (Å²) in [5.41, 5.74) is 8.16. The van der Waals surface area contributed by atoms with Crippen LogP contribution in [-0.2, 0) is 35.1 Å². The summed E-state index contributed by atoms with van der Waals surface area (Å²) in [4.78, 5) is 0. The number of hydrogen-bond acceptors (Lipinski definition) is 0. The van der Waals surface area contributed by atoms with Crippen LogP contribution in [0.4, 0.5) is 0 Å². The summed E-state index contributed by atoms with van der Waals surface area (Å²) in [6, 6.07) is 33.7. The molecule has 0 aromatic heterocycles. The van der Waals surface area contributed by atoms with Gasteiger partial charge in [0, 0.05) is 0 Å². The third-order valence-corrected chi connectivity index (χ3v) is 9.54. The van der Waals surface area contributed by atoms with E-state index in [-0.39, 0.29) is 10.8 Å². The molecule has 0 atom stereocenters. The molecule has 1 fully saturated rings. The molecule has 0 spiro atoms. The van der Waals surface area contributed by atoms with Gasteiger partial charge < -0.3 is 0 Å². The van der Waals surface area contributed by atoms with Gasteiger partial charge in [-0.15, -0.1) is 46.2 Å². The van der Waals surface area contributed by atoms with Gasteiger partial charge in [-0.2, -0.15) is 6.08 Å². The topological polar surface area (TPSA) is 0 Å². The molecule has 2 aliphatic carbocycles. The van der Waals surface area contributed by atoms with Crippen LogP contribution < -0.4 is 0 Å². The Balaban J connectivity index is 0.000000310. The fraction of sp³-hybridized carbons (Fsp3) is 0.286. The van der Waals surface area contributed by atoms with Crippen molar-refractivity contribution in [3.8, 4) is 22.3 Å². The van der Waals surface area contributed by atoms with E-state index in [0.717, 1.165) is 6.42 Å². The predicted octanol–water partition coefficient (Wildman–Crippen LogP) is 11.8. The van der Waals surface area contributed by atoms with Crippen LogP contribution in [0.25, 0.3) is 43.8 Å². The average molecular weight is 640 g/mol. The maximum atomic E-state index is 2.99. The number of benzene rings is 4. The van der Waals surface area contributed by atoms with Gasteiger partial charge in [-0.05, 0) is 44.2 Å². The van der Waals surface area contributed by atoms with Crippen molar-refractivity contribution in [1.82, 2.24) is 0 Å². The van der Waals surface area contributed by atoms with Gasteiger partial charge in [0.15, 0.2) is 0 Å². The van der Waals surface area contributed by atoms with Crippen molar-refractivity contribution in [3.63, 3.8) is 0 Å². The first-order valence-corrected chi connectivity index (χ1v) is 16.9. The molecule has 0 unspecified atom stereocenters. The Morgan fingerprint density at radius 1 is 0.651 bits per heavy atom. The summed E-state index contributed by atoms with van der Waals surface area (Å²) < 4.78 is 1.78. The van der Waals surface area contributed by atoms with Crippen molar-refractivity contribution >= 4 is 24.8 Å². The minimum absolute atomic E-state index is 0.0554. The first kappa shape index (κ1) is 31.4. The van der Waals surface area contributed by atoms with E-state index in [2.05, 4.69) is 145 Å². The molecular weight excluding hydrogens is 596 g/mol. The van der Waals surface area contributed by atoms with Crippen LogP contribution in [0.2, 0.25) is 0 Å². The molecule has 5 aromatic rings. The molecule has 0 heterocycles. The molecule has 1 heteroatoms. The molecule has 0 radical (unpaired) electrons. The number of fused-ring (bicyclic) bond motifs is 3. The minimum atomic E-state index is 0.0554. The Bertz CT molecular complexity index is 1640. The zero-order chi connectivity index (χ0) is 30.6. The van der Waals surface area contributed by atoms with Gasteiger partial charge in [0.1, 0.15) is 0 Å². The van der Waals surface area contributed by atoms with Gasteiger partial charge in [-0.25, -0.2) is 12.2 Å². The summed E-state index contributed by atoms with van der Waals surface area (Å²) >= 11 is 1.67. The molecule has 0 bridgehead atoms. The average Bonchev–Trinajstić information content (AvgIpc) is 3.67. The second-order valence-electron chi connectivity index (χ2n) is 13.8. The van der Waals surface area contributed by atoms with Crippen LogP contribution >= 0.6 is 0 Å². The molecule has 0 nitrogen and oxygen atoms in total. The van der Waals surface area contributed by atoms with E-state index in [1.807, 2.05) is 12.2 Å². The van der Waals surface area contributed by atoms with Crippen LogP contribution in [0.1, 0.15) is 78.4 Å². The van der Waals surface area contributed by atoms with Gasteiger partial charge >= 0.3 is 46.7 Å². The Labute approximate surface area is 274 Å². The number of allylic oxidation sites excluding steroid dienone is 4. The molecule has 0 N–H and O–H groups in total. The van der Waals surface area contributed by atoms with Gasteiger partial charge in [0.2, 0.25) is 0 Å². The molecule has 0 amide bonds. The monoisotopic (exact) mass is 638 g/mol. The van der Waals surface area contributed by atoms with Crippen LogP contribution in [0, 0.1) is 6.08 Å². The summed E-state index contributed by atoms with van der Waals surface area (Å²) in [6.07, 6.45) is 14.4. The van der Waals surface area contributed by atoms with E-state index in [1.54, 1.807) is 27.4 Å². The predicted molar refractivity (Wildman–Crippen MR) is 186 cm³/mol. The first-order chi connectivity index (χ1) is 20.5. The quantitative estimate of drug-likeness (QED) is 0.169. The first-order valence-electron chi connectivity index (χ1n) is 15.6. The van der Waals surface area contributed by atoms with Crippen molar-refractivity contribution in [2.75, 3.05) is 0 Å². The summed E-state index contributed by atoms with van der Waals surface area (Å²) in [6.45, 7) is 13.9. The maximum absolute atomic E-state index is 2.99. The van der Waals surface area contributed by atoms with E-state index in [1.165, 1.54) is 74.2 Å². The van der Waals surface area contributed by atoms with Crippen LogP contribution in [0.15, 0.2) is 109 Å². The number of hydrogen-bond donors (Lipinski definition) is 0. The summed E-state index contributed by atoms with van der Waals surface area (Å²) in [5.74, 6) is 0. The molecule has 7 rings (SSSR count). The Kier molecular flexibility index (Phi) is 9.73. The van der Waals surface area contributed by atoms with E-state index >= 15 is 0 Å². The summed E-state index contributed by atoms with van der Waals surface area (Å²) in [7, 11) is 0. The fourth-order valence-electron chi connectivity index (χ4n) is 5.75. The summed E-state index contributed by atoms with van der Waals surface area (Å²) in [5, 5.41) is 5.36. The van der Waals surface area contributed by atoms with E-state index in [4.69, 9.17) is 0 Å². The Hall–Kier alpha value is -3.02. The third kappa shape index (κ3) is 7.56. The standard InChI is InChI=1S/C33H33.C5H5.C4H6.Zr/c1-32(2,3)30-20-26-24(18-28(30)22-13-9-7-10-14-22)17-25-19-29(23-15-11-8-12-16-23)31(21-27(25)26)33(4,5)6;1-2-4-5-3-1;1-2-4-3-1;/h7-21H,1-6H3;1-3H,4H2;1-3H2;/q2*-1;;+2. The van der Waals surface area contributed by atoms with Crippen LogP contribution in [0.3, 0.4) is 0 Å². The number of rotatable bonds is 2. The van der Waals surface area contributed by atoms with Crippen molar-refractivity contribution in [1.29, 1.82) is 0 Å². The normalized spacial score (nSPS) is 14.3. The van der Waals surface area contributed by atoms with Crippen molar-refractivity contribution in [3.05, 3.63) is 126 Å². The molecule has 5 aromatic carbocycles. The third-order valence-electron chi connectivity index (χ3n) is 8.31. The molecule has 0 saturated heterocycles. The van der Waals surface area contributed by atoms with Crippen molar-refractivity contribution in [2.24, 2.45) is 0 Å². The van der Waals surface area contributed by atoms with Crippen molar-refractivity contribution in [2.45, 2.75) is 78.1 Å². The van der Waals surface area contributed by atoms with Crippen LogP contribution in [0.5, 0.6) is 0 Å². The van der Waals surface area contributed by atoms with Gasteiger partial charge in [-0.1, -0.05) is 114 Å². The van der Waals surface area contributed by atoms with Gasteiger partial charge in [0.25, 0.3) is 0 Å². The SMILES string of the molecule is CC(C)(C)c1cc2c(cc1-c1ccccc1)[cH-]c1cc(-c3ccccc3)c(C(C)(C)C)cc12.[C-]1=CC=CC1.[Zr+2]=[C]1CCC1. The van der Waals surface area contributed by atoms with Gasteiger partial charge in [-0.3, -0.25) is 6.08 Å². The zero-order valence-electron chi connectivity index (χ0n) is 26.7. The molecular formula is C42H44Zr. The molecule has 43 heavy (non-hydrogen) atoms.